The minimum absolute atomic E-state index is 0.0689. The minimum Gasteiger partial charge on any atom is -0.326 e. The van der Waals surface area contributed by atoms with Crippen LogP contribution in [0.3, 0.4) is 0 Å². The molecule has 0 bridgehead atoms. The molecule has 0 aliphatic carbocycles. The van der Waals surface area contributed by atoms with Gasteiger partial charge in [-0.05, 0) is 43.1 Å². The van der Waals surface area contributed by atoms with Crippen molar-refractivity contribution in [2.75, 3.05) is 13.1 Å². The smallest absolute Gasteiger partial charge is 0.125 e. The Labute approximate surface area is 107 Å². The van der Waals surface area contributed by atoms with Crippen molar-refractivity contribution in [2.45, 2.75) is 31.8 Å². The van der Waals surface area contributed by atoms with Crippen LogP contribution in [0.4, 0.5) is 4.39 Å². The first-order chi connectivity index (χ1) is 8.11. The van der Waals surface area contributed by atoms with E-state index in [9.17, 15) is 4.39 Å². The van der Waals surface area contributed by atoms with Crippen molar-refractivity contribution in [2.24, 2.45) is 5.73 Å². The molecule has 1 aliphatic heterocycles. The Morgan fingerprint density at radius 2 is 2.24 bits per heavy atom. The minimum atomic E-state index is -0.289. The number of hydrogen-bond donors (Lipinski definition) is 1. The van der Waals surface area contributed by atoms with Gasteiger partial charge < -0.3 is 5.73 Å². The van der Waals surface area contributed by atoms with E-state index in [1.54, 1.807) is 6.07 Å². The molecule has 4 heteroatoms. The number of nitrogens with zero attached hydrogens (tertiary/aromatic N) is 1. The maximum absolute atomic E-state index is 13.4. The maximum Gasteiger partial charge on any atom is 0.125 e. The highest BCUT2D eigenvalue weighted by atomic mass is 35.5. The van der Waals surface area contributed by atoms with Gasteiger partial charge in [-0.1, -0.05) is 18.5 Å². The standard InChI is InChI=1S/C13H18ClFN2/c1-2-4-17-5-3-12(16)13(17)9-6-10(14)8-11(15)7-9/h6-8,12-13H,2-5,16H2,1H3. The van der Waals surface area contributed by atoms with Crippen LogP contribution in [0.1, 0.15) is 31.4 Å². The first-order valence-electron chi connectivity index (χ1n) is 6.07. The van der Waals surface area contributed by atoms with Crippen LogP contribution in [0.15, 0.2) is 18.2 Å². The van der Waals surface area contributed by atoms with Crippen LogP contribution in [-0.2, 0) is 0 Å². The van der Waals surface area contributed by atoms with E-state index < -0.39 is 0 Å². The molecule has 0 amide bonds. The highest BCUT2D eigenvalue weighted by Crippen LogP contribution is 2.32. The van der Waals surface area contributed by atoms with Gasteiger partial charge in [0.1, 0.15) is 5.82 Å². The van der Waals surface area contributed by atoms with Gasteiger partial charge in [0.05, 0.1) is 6.04 Å². The molecule has 17 heavy (non-hydrogen) atoms. The SMILES string of the molecule is CCCN1CCC(N)C1c1cc(F)cc(Cl)c1. The van der Waals surface area contributed by atoms with E-state index in [2.05, 4.69) is 11.8 Å². The maximum atomic E-state index is 13.4. The van der Waals surface area contributed by atoms with Crippen molar-refractivity contribution in [1.82, 2.24) is 4.90 Å². The Morgan fingerprint density at radius 3 is 2.88 bits per heavy atom. The van der Waals surface area contributed by atoms with Crippen molar-refractivity contribution in [1.29, 1.82) is 0 Å². The van der Waals surface area contributed by atoms with Crippen molar-refractivity contribution in [3.05, 3.63) is 34.6 Å². The summed E-state index contributed by atoms with van der Waals surface area (Å²) in [6, 6.07) is 4.87. The van der Waals surface area contributed by atoms with Gasteiger partial charge in [0.2, 0.25) is 0 Å². The van der Waals surface area contributed by atoms with Crippen LogP contribution in [0.5, 0.6) is 0 Å². The number of rotatable bonds is 3. The molecule has 2 unspecified atom stereocenters. The molecule has 0 spiro atoms. The van der Waals surface area contributed by atoms with Crippen LogP contribution in [0, 0.1) is 5.82 Å². The molecule has 2 atom stereocenters. The van der Waals surface area contributed by atoms with Gasteiger partial charge >= 0.3 is 0 Å². The summed E-state index contributed by atoms with van der Waals surface area (Å²) < 4.78 is 13.4. The Kier molecular flexibility index (Phi) is 4.02. The molecule has 0 aromatic heterocycles. The number of likely N-dealkylation sites (tertiary alicyclic amines) is 1. The number of nitrogens with two attached hydrogens (primary N) is 1. The Hall–Kier alpha value is -0.640. The van der Waals surface area contributed by atoms with Gasteiger partial charge in [0.15, 0.2) is 0 Å². The molecule has 2 N–H and O–H groups in total. The number of benzene rings is 1. The van der Waals surface area contributed by atoms with Crippen LogP contribution >= 0.6 is 11.6 Å². The summed E-state index contributed by atoms with van der Waals surface area (Å²) in [6.07, 6.45) is 2.03. The Morgan fingerprint density at radius 1 is 1.47 bits per heavy atom. The van der Waals surface area contributed by atoms with Crippen molar-refractivity contribution >= 4 is 11.6 Å². The van der Waals surface area contributed by atoms with E-state index in [4.69, 9.17) is 17.3 Å². The van der Waals surface area contributed by atoms with Crippen LogP contribution in [0.25, 0.3) is 0 Å². The van der Waals surface area contributed by atoms with E-state index in [1.165, 1.54) is 6.07 Å². The Bertz CT molecular complexity index is 375. The summed E-state index contributed by atoms with van der Waals surface area (Å²) in [5.41, 5.74) is 7.02. The number of halogens is 2. The molecule has 2 nitrogen and oxygen atoms in total. The molecule has 1 aromatic carbocycles. The second-order valence-corrected chi connectivity index (χ2v) is 5.07. The van der Waals surface area contributed by atoms with Gasteiger partial charge in [0.25, 0.3) is 0 Å². The third-order valence-corrected chi connectivity index (χ3v) is 3.50. The molecule has 1 fully saturated rings. The van der Waals surface area contributed by atoms with Crippen LogP contribution < -0.4 is 5.73 Å². The summed E-state index contributed by atoms with van der Waals surface area (Å²) in [5.74, 6) is -0.289. The van der Waals surface area contributed by atoms with E-state index in [1.807, 2.05) is 6.07 Å². The Balaban J connectivity index is 2.29. The van der Waals surface area contributed by atoms with Gasteiger partial charge in [-0.3, -0.25) is 4.90 Å². The van der Waals surface area contributed by atoms with Crippen molar-refractivity contribution < 1.29 is 4.39 Å². The van der Waals surface area contributed by atoms with Crippen molar-refractivity contribution in [3.63, 3.8) is 0 Å². The zero-order valence-corrected chi connectivity index (χ0v) is 10.8. The summed E-state index contributed by atoms with van der Waals surface area (Å²) in [6.45, 7) is 4.11. The molecule has 0 radical (unpaired) electrons. The van der Waals surface area contributed by atoms with Crippen LogP contribution in [0.2, 0.25) is 5.02 Å². The molecule has 0 saturated carbocycles. The van der Waals surface area contributed by atoms with E-state index >= 15 is 0 Å². The first-order valence-corrected chi connectivity index (χ1v) is 6.45. The lowest BCUT2D eigenvalue weighted by molar-refractivity contribution is 0.248. The van der Waals surface area contributed by atoms with Gasteiger partial charge in [0, 0.05) is 17.6 Å². The average Bonchev–Trinajstić information content (AvgIpc) is 2.59. The zero-order valence-electron chi connectivity index (χ0n) is 10.00. The molecular weight excluding hydrogens is 239 g/mol. The summed E-state index contributed by atoms with van der Waals surface area (Å²) in [5, 5.41) is 0.440. The largest absolute Gasteiger partial charge is 0.326 e. The lowest BCUT2D eigenvalue weighted by atomic mass is 10.0. The second kappa shape index (κ2) is 5.34. The molecule has 1 saturated heterocycles. The van der Waals surface area contributed by atoms with Crippen molar-refractivity contribution in [3.8, 4) is 0 Å². The fourth-order valence-electron chi connectivity index (χ4n) is 2.62. The summed E-state index contributed by atoms with van der Waals surface area (Å²) >= 11 is 5.90. The molecular formula is C13H18ClFN2. The molecule has 1 aliphatic rings. The van der Waals surface area contributed by atoms with Gasteiger partial charge in [-0.2, -0.15) is 0 Å². The summed E-state index contributed by atoms with van der Waals surface area (Å²) in [4.78, 5) is 2.32. The fraction of sp³-hybridized carbons (Fsp3) is 0.538. The van der Waals surface area contributed by atoms with E-state index in [0.29, 0.717) is 5.02 Å². The highest BCUT2D eigenvalue weighted by Gasteiger charge is 2.32. The molecule has 1 aromatic rings. The molecule has 1 heterocycles. The van der Waals surface area contributed by atoms with Crippen LogP contribution in [-0.4, -0.2) is 24.0 Å². The average molecular weight is 257 g/mol. The third kappa shape index (κ3) is 2.79. The monoisotopic (exact) mass is 256 g/mol. The lowest BCUT2D eigenvalue weighted by Crippen LogP contribution is -2.32. The number of hydrogen-bond acceptors (Lipinski definition) is 2. The van der Waals surface area contributed by atoms with Gasteiger partial charge in [-0.25, -0.2) is 4.39 Å². The molecule has 2 rings (SSSR count). The lowest BCUT2D eigenvalue weighted by Gasteiger charge is -2.26. The normalized spacial score (nSPS) is 25.4. The van der Waals surface area contributed by atoms with Gasteiger partial charge in [-0.15, -0.1) is 0 Å². The predicted octanol–water partition coefficient (Wildman–Crippen LogP) is 2.96. The quantitative estimate of drug-likeness (QED) is 0.901. The second-order valence-electron chi connectivity index (χ2n) is 4.64. The highest BCUT2D eigenvalue weighted by molar-refractivity contribution is 6.30. The topological polar surface area (TPSA) is 29.3 Å². The van der Waals surface area contributed by atoms with E-state index in [0.717, 1.165) is 31.5 Å². The summed E-state index contributed by atoms with van der Waals surface area (Å²) in [7, 11) is 0. The third-order valence-electron chi connectivity index (χ3n) is 3.29. The molecule has 94 valence electrons. The predicted molar refractivity (Wildman–Crippen MR) is 68.6 cm³/mol. The zero-order chi connectivity index (χ0) is 12.4. The fourth-order valence-corrected chi connectivity index (χ4v) is 2.85. The van der Waals surface area contributed by atoms with E-state index in [-0.39, 0.29) is 17.9 Å². The first kappa shape index (κ1) is 12.8.